The van der Waals surface area contributed by atoms with Crippen molar-refractivity contribution in [1.29, 1.82) is 0 Å². The number of thiophene rings is 1. The van der Waals surface area contributed by atoms with Crippen LogP contribution >= 0.6 is 11.3 Å². The first-order valence-electron chi connectivity index (χ1n) is 6.96. The van der Waals surface area contributed by atoms with E-state index in [9.17, 15) is 0 Å². The highest BCUT2D eigenvalue weighted by Crippen LogP contribution is 2.30. The van der Waals surface area contributed by atoms with Gasteiger partial charge in [0.2, 0.25) is 5.89 Å². The summed E-state index contributed by atoms with van der Waals surface area (Å²) in [6.07, 6.45) is 0. The van der Waals surface area contributed by atoms with Gasteiger partial charge >= 0.3 is 0 Å². The third-order valence-electron chi connectivity index (χ3n) is 3.27. The SMILES string of the molecule is COc1ccc(C)cc1NC(C)c1nnc(-c2cccs2)o1. The zero-order chi connectivity index (χ0) is 15.5. The molecular formula is C16H17N3O2S. The number of aromatic nitrogens is 2. The Labute approximate surface area is 133 Å². The topological polar surface area (TPSA) is 60.2 Å². The van der Waals surface area contributed by atoms with Crippen LogP contribution < -0.4 is 10.1 Å². The summed E-state index contributed by atoms with van der Waals surface area (Å²) >= 11 is 1.58. The highest BCUT2D eigenvalue weighted by molar-refractivity contribution is 7.13. The van der Waals surface area contributed by atoms with Crippen molar-refractivity contribution in [2.45, 2.75) is 19.9 Å². The molecule has 1 aromatic carbocycles. The highest BCUT2D eigenvalue weighted by Gasteiger charge is 2.17. The number of hydrogen-bond acceptors (Lipinski definition) is 6. The molecule has 1 atom stereocenters. The summed E-state index contributed by atoms with van der Waals surface area (Å²) in [5.41, 5.74) is 2.06. The lowest BCUT2D eigenvalue weighted by Gasteiger charge is -2.15. The van der Waals surface area contributed by atoms with Crippen molar-refractivity contribution in [2.24, 2.45) is 0 Å². The smallest absolute Gasteiger partial charge is 0.257 e. The van der Waals surface area contributed by atoms with Crippen LogP contribution in [0.15, 0.2) is 40.1 Å². The van der Waals surface area contributed by atoms with Gasteiger partial charge in [0, 0.05) is 0 Å². The van der Waals surface area contributed by atoms with Crippen LogP contribution in [0.1, 0.15) is 24.4 Å². The summed E-state index contributed by atoms with van der Waals surface area (Å²) in [5, 5.41) is 13.6. The third kappa shape index (κ3) is 2.96. The van der Waals surface area contributed by atoms with Crippen molar-refractivity contribution < 1.29 is 9.15 Å². The van der Waals surface area contributed by atoms with E-state index in [2.05, 4.69) is 15.5 Å². The van der Waals surface area contributed by atoms with E-state index in [1.807, 2.05) is 49.6 Å². The van der Waals surface area contributed by atoms with Crippen molar-refractivity contribution in [1.82, 2.24) is 10.2 Å². The van der Waals surface area contributed by atoms with E-state index >= 15 is 0 Å². The molecule has 114 valence electrons. The first-order chi connectivity index (χ1) is 10.7. The number of rotatable bonds is 5. The molecule has 2 heterocycles. The average Bonchev–Trinajstić information content (AvgIpc) is 3.18. The van der Waals surface area contributed by atoms with Gasteiger partial charge in [-0.2, -0.15) is 0 Å². The molecule has 0 aliphatic rings. The van der Waals surface area contributed by atoms with Crippen molar-refractivity contribution in [3.63, 3.8) is 0 Å². The standard InChI is InChI=1S/C16H17N3O2S/c1-10-6-7-13(20-3)12(9-10)17-11(2)15-18-19-16(21-15)14-5-4-8-22-14/h4-9,11,17H,1-3H3. The van der Waals surface area contributed by atoms with Gasteiger partial charge < -0.3 is 14.5 Å². The lowest BCUT2D eigenvalue weighted by Crippen LogP contribution is -2.08. The van der Waals surface area contributed by atoms with E-state index in [-0.39, 0.29) is 6.04 Å². The molecule has 0 aliphatic heterocycles. The average molecular weight is 315 g/mol. The van der Waals surface area contributed by atoms with Crippen molar-refractivity contribution in [3.8, 4) is 16.5 Å². The van der Waals surface area contributed by atoms with E-state index in [0.717, 1.165) is 21.9 Å². The van der Waals surface area contributed by atoms with Crippen molar-refractivity contribution >= 4 is 17.0 Å². The molecule has 0 radical (unpaired) electrons. The number of nitrogens with zero attached hydrogens (tertiary/aromatic N) is 2. The van der Waals surface area contributed by atoms with E-state index < -0.39 is 0 Å². The summed E-state index contributed by atoms with van der Waals surface area (Å²) < 4.78 is 11.1. The van der Waals surface area contributed by atoms with Crippen LogP contribution in [-0.4, -0.2) is 17.3 Å². The van der Waals surface area contributed by atoms with Gasteiger partial charge in [0.1, 0.15) is 11.8 Å². The maximum Gasteiger partial charge on any atom is 0.257 e. The highest BCUT2D eigenvalue weighted by atomic mass is 32.1. The summed E-state index contributed by atoms with van der Waals surface area (Å²) in [6.45, 7) is 4.02. The van der Waals surface area contributed by atoms with Crippen LogP contribution in [0.5, 0.6) is 5.75 Å². The number of aryl methyl sites for hydroxylation is 1. The molecule has 0 saturated heterocycles. The van der Waals surface area contributed by atoms with Gasteiger partial charge in [-0.05, 0) is 43.0 Å². The Morgan fingerprint density at radius 1 is 1.27 bits per heavy atom. The molecular weight excluding hydrogens is 298 g/mol. The molecule has 3 rings (SSSR count). The van der Waals surface area contributed by atoms with Gasteiger partial charge in [0.15, 0.2) is 0 Å². The van der Waals surface area contributed by atoms with Crippen LogP contribution in [0.3, 0.4) is 0 Å². The number of ether oxygens (including phenoxy) is 1. The molecule has 0 saturated carbocycles. The van der Waals surface area contributed by atoms with Gasteiger partial charge in [0.05, 0.1) is 17.7 Å². The van der Waals surface area contributed by atoms with Gasteiger partial charge in [0.25, 0.3) is 5.89 Å². The number of nitrogens with one attached hydrogen (secondary N) is 1. The Hall–Kier alpha value is -2.34. The lowest BCUT2D eigenvalue weighted by molar-refractivity contribution is 0.415. The molecule has 3 aromatic rings. The summed E-state index contributed by atoms with van der Waals surface area (Å²) in [6, 6.07) is 9.79. The molecule has 22 heavy (non-hydrogen) atoms. The maximum atomic E-state index is 5.75. The molecule has 0 aliphatic carbocycles. The summed E-state index contributed by atoms with van der Waals surface area (Å²) in [7, 11) is 1.65. The van der Waals surface area contributed by atoms with E-state index in [1.165, 1.54) is 0 Å². The zero-order valence-corrected chi connectivity index (χ0v) is 13.5. The maximum absolute atomic E-state index is 5.75. The molecule has 0 spiro atoms. The molecule has 5 nitrogen and oxygen atoms in total. The minimum atomic E-state index is -0.114. The van der Waals surface area contributed by atoms with Gasteiger partial charge in [-0.25, -0.2) is 0 Å². The molecule has 1 unspecified atom stereocenters. The van der Waals surface area contributed by atoms with Crippen LogP contribution in [0.2, 0.25) is 0 Å². The normalized spacial score (nSPS) is 12.1. The van der Waals surface area contributed by atoms with Crippen molar-refractivity contribution in [3.05, 3.63) is 47.2 Å². The Morgan fingerprint density at radius 3 is 2.86 bits per heavy atom. The Kier molecular flexibility index (Phi) is 4.11. The number of benzene rings is 1. The first kappa shape index (κ1) is 14.6. The quantitative estimate of drug-likeness (QED) is 0.761. The number of hydrogen-bond donors (Lipinski definition) is 1. The largest absolute Gasteiger partial charge is 0.495 e. The second kappa shape index (κ2) is 6.19. The fourth-order valence-corrected chi connectivity index (χ4v) is 2.78. The Bertz CT molecular complexity index is 753. The Morgan fingerprint density at radius 2 is 2.14 bits per heavy atom. The van der Waals surface area contributed by atoms with E-state index in [4.69, 9.17) is 9.15 Å². The van der Waals surface area contributed by atoms with Crippen LogP contribution in [0, 0.1) is 6.92 Å². The van der Waals surface area contributed by atoms with E-state index in [1.54, 1.807) is 18.4 Å². The minimum absolute atomic E-state index is 0.114. The first-order valence-corrected chi connectivity index (χ1v) is 7.84. The zero-order valence-electron chi connectivity index (χ0n) is 12.7. The van der Waals surface area contributed by atoms with Crippen LogP contribution in [0.4, 0.5) is 5.69 Å². The predicted molar refractivity (Wildman–Crippen MR) is 87.4 cm³/mol. The van der Waals surface area contributed by atoms with Gasteiger partial charge in [-0.3, -0.25) is 0 Å². The van der Waals surface area contributed by atoms with Gasteiger partial charge in [-0.1, -0.05) is 12.1 Å². The predicted octanol–water partition coefficient (Wildman–Crippen LogP) is 4.29. The number of anilines is 1. The molecule has 0 bridgehead atoms. The molecule has 0 fully saturated rings. The fourth-order valence-electron chi connectivity index (χ4n) is 2.14. The summed E-state index contributed by atoms with van der Waals surface area (Å²) in [5.74, 6) is 1.89. The van der Waals surface area contributed by atoms with Crippen molar-refractivity contribution in [2.75, 3.05) is 12.4 Å². The molecule has 2 aromatic heterocycles. The molecule has 6 heteroatoms. The Balaban J connectivity index is 1.80. The van der Waals surface area contributed by atoms with E-state index in [0.29, 0.717) is 11.8 Å². The second-order valence-corrected chi connectivity index (χ2v) is 5.94. The second-order valence-electron chi connectivity index (χ2n) is 4.99. The molecule has 1 N–H and O–H groups in total. The van der Waals surface area contributed by atoms with Crippen LogP contribution in [0.25, 0.3) is 10.8 Å². The summed E-state index contributed by atoms with van der Waals surface area (Å²) in [4.78, 5) is 0.971. The third-order valence-corrected chi connectivity index (χ3v) is 4.13. The lowest BCUT2D eigenvalue weighted by atomic mass is 10.2. The molecule has 0 amide bonds. The number of methoxy groups -OCH3 is 1. The van der Waals surface area contributed by atoms with Crippen LogP contribution in [-0.2, 0) is 0 Å². The minimum Gasteiger partial charge on any atom is -0.495 e. The monoisotopic (exact) mass is 315 g/mol. The van der Waals surface area contributed by atoms with Gasteiger partial charge in [-0.15, -0.1) is 21.5 Å². The fraction of sp³-hybridized carbons (Fsp3) is 0.250.